The van der Waals surface area contributed by atoms with Crippen molar-refractivity contribution in [3.8, 4) is 0 Å². The van der Waals surface area contributed by atoms with Gasteiger partial charge in [-0.3, -0.25) is 9.59 Å². The smallest absolute Gasteiger partial charge is 0.264 e. The van der Waals surface area contributed by atoms with Gasteiger partial charge in [-0.15, -0.1) is 23.7 Å². The summed E-state index contributed by atoms with van der Waals surface area (Å²) in [7, 11) is 1.63. The molecule has 20 heavy (non-hydrogen) atoms. The molecule has 1 aromatic rings. The van der Waals surface area contributed by atoms with Gasteiger partial charge in [0.2, 0.25) is 5.91 Å². The van der Waals surface area contributed by atoms with Gasteiger partial charge in [-0.1, -0.05) is 11.6 Å². The largest absolute Gasteiger partial charge is 0.339 e. The SMILES string of the molecule is CN(CC(=O)N1CCNCC1)C(=O)c1ccc(Cl)s1.Cl. The van der Waals surface area contributed by atoms with E-state index in [1.165, 1.54) is 16.2 Å². The van der Waals surface area contributed by atoms with E-state index >= 15 is 0 Å². The average molecular weight is 338 g/mol. The van der Waals surface area contributed by atoms with Crippen LogP contribution in [0.25, 0.3) is 0 Å². The van der Waals surface area contributed by atoms with Crippen LogP contribution >= 0.6 is 35.3 Å². The van der Waals surface area contributed by atoms with E-state index in [9.17, 15) is 9.59 Å². The quantitative estimate of drug-likeness (QED) is 0.905. The Labute approximate surface area is 133 Å². The predicted molar refractivity (Wildman–Crippen MR) is 83.0 cm³/mol. The van der Waals surface area contributed by atoms with Crippen LogP contribution in [0.4, 0.5) is 0 Å². The number of piperazine rings is 1. The average Bonchev–Trinajstić information content (AvgIpc) is 2.85. The Morgan fingerprint density at radius 1 is 1.40 bits per heavy atom. The van der Waals surface area contributed by atoms with Gasteiger partial charge in [0, 0.05) is 33.2 Å². The number of amides is 2. The Bertz CT molecular complexity index is 475. The van der Waals surface area contributed by atoms with Crippen LogP contribution in [-0.4, -0.2) is 61.4 Å². The number of carbonyl (C=O) groups excluding carboxylic acids is 2. The number of thiophene rings is 1. The third-order valence-electron chi connectivity index (χ3n) is 2.97. The molecular formula is C12H17Cl2N3O2S. The van der Waals surface area contributed by atoms with Gasteiger partial charge < -0.3 is 15.1 Å². The Kier molecular flexibility index (Phi) is 6.75. The molecular weight excluding hydrogens is 321 g/mol. The second kappa shape index (κ2) is 7.83. The van der Waals surface area contributed by atoms with Crippen molar-refractivity contribution in [2.24, 2.45) is 0 Å². The fourth-order valence-electron chi connectivity index (χ4n) is 1.91. The molecule has 2 heterocycles. The van der Waals surface area contributed by atoms with Crippen molar-refractivity contribution >= 4 is 47.2 Å². The Hall–Kier alpha value is -0.820. The second-order valence-corrected chi connectivity index (χ2v) is 6.11. The molecule has 1 N–H and O–H groups in total. The highest BCUT2D eigenvalue weighted by atomic mass is 35.5. The first-order valence-corrected chi connectivity index (χ1v) is 7.26. The predicted octanol–water partition coefficient (Wildman–Crippen LogP) is 1.33. The van der Waals surface area contributed by atoms with E-state index in [-0.39, 0.29) is 30.8 Å². The molecule has 0 aliphatic carbocycles. The molecule has 8 heteroatoms. The molecule has 0 aromatic carbocycles. The van der Waals surface area contributed by atoms with Gasteiger partial charge in [-0.2, -0.15) is 0 Å². The van der Waals surface area contributed by atoms with Crippen LogP contribution < -0.4 is 5.32 Å². The molecule has 1 aliphatic rings. The first kappa shape index (κ1) is 17.2. The van der Waals surface area contributed by atoms with Crippen LogP contribution in [0.1, 0.15) is 9.67 Å². The number of halogens is 2. The summed E-state index contributed by atoms with van der Waals surface area (Å²) >= 11 is 7.03. The van der Waals surface area contributed by atoms with E-state index in [1.807, 2.05) is 0 Å². The highest BCUT2D eigenvalue weighted by Gasteiger charge is 2.21. The molecule has 1 aliphatic heterocycles. The first-order valence-electron chi connectivity index (χ1n) is 6.07. The minimum absolute atomic E-state index is 0. The molecule has 0 radical (unpaired) electrons. The standard InChI is InChI=1S/C12H16ClN3O2S.ClH/c1-15(12(18)9-2-3-10(13)19-9)8-11(17)16-6-4-14-5-7-16;/h2-3,14H,4-8H2,1H3;1H. The van der Waals surface area contributed by atoms with E-state index in [0.29, 0.717) is 22.3 Å². The van der Waals surface area contributed by atoms with Crippen LogP contribution in [0, 0.1) is 0 Å². The molecule has 2 amide bonds. The lowest BCUT2D eigenvalue weighted by Crippen LogP contribution is -2.49. The Balaban J connectivity index is 0.00000200. The summed E-state index contributed by atoms with van der Waals surface area (Å²) < 4.78 is 0.574. The summed E-state index contributed by atoms with van der Waals surface area (Å²) in [5.74, 6) is -0.180. The number of hydrogen-bond donors (Lipinski definition) is 1. The number of hydrogen-bond acceptors (Lipinski definition) is 4. The van der Waals surface area contributed by atoms with Crippen LogP contribution in [-0.2, 0) is 4.79 Å². The van der Waals surface area contributed by atoms with Crippen molar-refractivity contribution in [1.82, 2.24) is 15.1 Å². The van der Waals surface area contributed by atoms with Crippen LogP contribution in [0.2, 0.25) is 4.34 Å². The van der Waals surface area contributed by atoms with Gasteiger partial charge in [0.25, 0.3) is 5.91 Å². The molecule has 1 saturated heterocycles. The summed E-state index contributed by atoms with van der Waals surface area (Å²) in [5, 5.41) is 3.19. The summed E-state index contributed by atoms with van der Waals surface area (Å²) in [4.78, 5) is 27.9. The molecule has 5 nitrogen and oxygen atoms in total. The van der Waals surface area contributed by atoms with Crippen LogP contribution in [0.15, 0.2) is 12.1 Å². The normalized spacial score (nSPS) is 14.6. The molecule has 0 saturated carbocycles. The summed E-state index contributed by atoms with van der Waals surface area (Å²) in [6.45, 7) is 3.12. The monoisotopic (exact) mass is 337 g/mol. The van der Waals surface area contributed by atoms with Crippen molar-refractivity contribution < 1.29 is 9.59 Å². The zero-order chi connectivity index (χ0) is 13.8. The highest BCUT2D eigenvalue weighted by Crippen LogP contribution is 2.22. The van der Waals surface area contributed by atoms with E-state index < -0.39 is 0 Å². The number of nitrogens with one attached hydrogen (secondary N) is 1. The maximum Gasteiger partial charge on any atom is 0.264 e. The summed E-state index contributed by atoms with van der Waals surface area (Å²) in [5.41, 5.74) is 0. The third kappa shape index (κ3) is 4.34. The van der Waals surface area contributed by atoms with Crippen molar-refractivity contribution in [3.05, 3.63) is 21.3 Å². The molecule has 0 spiro atoms. The minimum Gasteiger partial charge on any atom is -0.339 e. The Morgan fingerprint density at radius 3 is 2.60 bits per heavy atom. The second-order valence-electron chi connectivity index (χ2n) is 4.40. The van der Waals surface area contributed by atoms with Gasteiger partial charge >= 0.3 is 0 Å². The molecule has 1 aromatic heterocycles. The van der Waals surface area contributed by atoms with Gasteiger partial charge in [-0.25, -0.2) is 0 Å². The van der Waals surface area contributed by atoms with E-state index in [0.717, 1.165) is 13.1 Å². The fourth-order valence-corrected chi connectivity index (χ4v) is 2.94. The fraction of sp³-hybridized carbons (Fsp3) is 0.500. The van der Waals surface area contributed by atoms with Crippen molar-refractivity contribution in [2.75, 3.05) is 39.8 Å². The lowest BCUT2D eigenvalue weighted by molar-refractivity contribution is -0.132. The number of nitrogens with zero attached hydrogens (tertiary/aromatic N) is 2. The lowest BCUT2D eigenvalue weighted by Gasteiger charge is -2.29. The van der Waals surface area contributed by atoms with E-state index in [2.05, 4.69) is 5.32 Å². The lowest BCUT2D eigenvalue weighted by atomic mass is 10.3. The maximum atomic E-state index is 12.1. The van der Waals surface area contributed by atoms with Gasteiger partial charge in [0.15, 0.2) is 0 Å². The highest BCUT2D eigenvalue weighted by molar-refractivity contribution is 7.17. The summed E-state index contributed by atoms with van der Waals surface area (Å²) in [6.07, 6.45) is 0. The number of carbonyl (C=O) groups is 2. The Morgan fingerprint density at radius 2 is 2.05 bits per heavy atom. The molecule has 112 valence electrons. The molecule has 1 fully saturated rings. The topological polar surface area (TPSA) is 52.7 Å². The van der Waals surface area contributed by atoms with Crippen LogP contribution in [0.5, 0.6) is 0 Å². The van der Waals surface area contributed by atoms with Crippen molar-refractivity contribution in [1.29, 1.82) is 0 Å². The van der Waals surface area contributed by atoms with Gasteiger partial charge in [0.05, 0.1) is 15.8 Å². The minimum atomic E-state index is -0.166. The van der Waals surface area contributed by atoms with Gasteiger partial charge in [-0.05, 0) is 12.1 Å². The van der Waals surface area contributed by atoms with Crippen LogP contribution in [0.3, 0.4) is 0 Å². The molecule has 2 rings (SSSR count). The van der Waals surface area contributed by atoms with E-state index in [1.54, 1.807) is 24.1 Å². The molecule has 0 atom stereocenters. The zero-order valence-corrected chi connectivity index (χ0v) is 13.5. The summed E-state index contributed by atoms with van der Waals surface area (Å²) in [6, 6.07) is 3.37. The molecule has 0 bridgehead atoms. The first-order chi connectivity index (χ1) is 9.08. The van der Waals surface area contributed by atoms with Crippen molar-refractivity contribution in [2.45, 2.75) is 0 Å². The maximum absolute atomic E-state index is 12.1. The number of likely N-dealkylation sites (N-methyl/N-ethyl adjacent to an activating group) is 1. The number of rotatable bonds is 3. The third-order valence-corrected chi connectivity index (χ3v) is 4.19. The van der Waals surface area contributed by atoms with Crippen molar-refractivity contribution in [3.63, 3.8) is 0 Å². The molecule has 0 unspecified atom stereocenters. The van der Waals surface area contributed by atoms with E-state index in [4.69, 9.17) is 11.6 Å². The zero-order valence-electron chi connectivity index (χ0n) is 11.1. The van der Waals surface area contributed by atoms with Gasteiger partial charge in [0.1, 0.15) is 0 Å².